The number of aryl methyl sites for hydroxylation is 1. The Kier molecular flexibility index (Phi) is 4.15. The molecular formula is C15H16FN5O3. The van der Waals surface area contributed by atoms with E-state index in [1.54, 1.807) is 11.1 Å². The fourth-order valence-corrected chi connectivity index (χ4v) is 2.73. The molecule has 1 aliphatic rings. The third-order valence-corrected chi connectivity index (χ3v) is 4.04. The van der Waals surface area contributed by atoms with Gasteiger partial charge in [-0.25, -0.2) is 9.37 Å². The first-order chi connectivity index (χ1) is 11.5. The van der Waals surface area contributed by atoms with Crippen LogP contribution >= 0.6 is 0 Å². The van der Waals surface area contributed by atoms with Crippen LogP contribution in [0.1, 0.15) is 10.4 Å². The van der Waals surface area contributed by atoms with Crippen LogP contribution in [0.25, 0.3) is 0 Å². The number of hydrogen-bond acceptors (Lipinski definition) is 5. The number of halogens is 1. The number of carbonyl (C=O) groups is 1. The van der Waals surface area contributed by atoms with Gasteiger partial charge in [0.15, 0.2) is 0 Å². The highest BCUT2D eigenvalue weighted by molar-refractivity contribution is 5.94. The molecular weight excluding hydrogens is 317 g/mol. The van der Waals surface area contributed by atoms with Crippen molar-refractivity contribution in [2.24, 2.45) is 7.05 Å². The lowest BCUT2D eigenvalue weighted by Crippen LogP contribution is -2.49. The molecule has 2 heterocycles. The van der Waals surface area contributed by atoms with Crippen molar-refractivity contribution >= 4 is 17.5 Å². The molecule has 126 valence electrons. The summed E-state index contributed by atoms with van der Waals surface area (Å²) in [5.41, 5.74) is -0.519. The zero-order valence-corrected chi connectivity index (χ0v) is 13.1. The van der Waals surface area contributed by atoms with Gasteiger partial charge >= 0.3 is 0 Å². The number of carbonyl (C=O) groups excluding carboxylic acids is 1. The first-order valence-electron chi connectivity index (χ1n) is 7.43. The van der Waals surface area contributed by atoms with Crippen molar-refractivity contribution in [3.8, 4) is 0 Å². The lowest BCUT2D eigenvalue weighted by Gasteiger charge is -2.35. The van der Waals surface area contributed by atoms with Gasteiger partial charge in [0.05, 0.1) is 16.6 Å². The van der Waals surface area contributed by atoms with Gasteiger partial charge in [-0.1, -0.05) is 0 Å². The zero-order chi connectivity index (χ0) is 17.3. The van der Waals surface area contributed by atoms with Crippen LogP contribution in [-0.2, 0) is 7.05 Å². The average molecular weight is 333 g/mol. The number of benzene rings is 1. The Morgan fingerprint density at radius 2 is 2.00 bits per heavy atom. The molecule has 3 rings (SSSR count). The first-order valence-corrected chi connectivity index (χ1v) is 7.43. The van der Waals surface area contributed by atoms with Crippen molar-refractivity contribution in [2.45, 2.75) is 0 Å². The number of aromatic nitrogens is 2. The second kappa shape index (κ2) is 6.26. The molecule has 0 bridgehead atoms. The lowest BCUT2D eigenvalue weighted by atomic mass is 10.1. The number of hydrogen-bond donors (Lipinski definition) is 0. The molecule has 0 N–H and O–H groups in total. The second-order valence-corrected chi connectivity index (χ2v) is 5.54. The van der Waals surface area contributed by atoms with E-state index in [1.165, 1.54) is 6.07 Å². The lowest BCUT2D eigenvalue weighted by molar-refractivity contribution is -0.385. The molecule has 1 aromatic heterocycles. The standard InChI is InChI=1S/C15H16FN5O3/c1-18-5-4-17-15(18)20-8-6-19(7-9-20)14(22)12-3-2-11(21(23)24)10-13(12)16/h2-5,10H,6-9H2,1H3. The molecule has 1 aromatic carbocycles. The number of rotatable bonds is 3. The summed E-state index contributed by atoms with van der Waals surface area (Å²) in [6, 6.07) is 3.08. The molecule has 24 heavy (non-hydrogen) atoms. The van der Waals surface area contributed by atoms with Crippen LogP contribution in [0.5, 0.6) is 0 Å². The van der Waals surface area contributed by atoms with E-state index in [9.17, 15) is 19.3 Å². The third kappa shape index (κ3) is 2.92. The molecule has 2 aromatic rings. The van der Waals surface area contributed by atoms with Gasteiger partial charge in [-0.05, 0) is 6.07 Å². The van der Waals surface area contributed by atoms with Gasteiger partial charge in [-0.15, -0.1) is 0 Å². The summed E-state index contributed by atoms with van der Waals surface area (Å²) >= 11 is 0. The number of nitro benzene ring substituents is 1. The summed E-state index contributed by atoms with van der Waals surface area (Å²) in [5, 5.41) is 10.6. The monoisotopic (exact) mass is 333 g/mol. The van der Waals surface area contributed by atoms with Crippen LogP contribution in [-0.4, -0.2) is 51.5 Å². The normalized spacial score (nSPS) is 14.8. The molecule has 0 atom stereocenters. The Morgan fingerprint density at radius 3 is 2.54 bits per heavy atom. The van der Waals surface area contributed by atoms with Crippen molar-refractivity contribution in [3.05, 3.63) is 52.1 Å². The largest absolute Gasteiger partial charge is 0.339 e. The number of amides is 1. The number of anilines is 1. The van der Waals surface area contributed by atoms with Crippen molar-refractivity contribution < 1.29 is 14.1 Å². The topological polar surface area (TPSA) is 84.5 Å². The number of non-ortho nitro benzene ring substituents is 1. The molecule has 1 fully saturated rings. The second-order valence-electron chi connectivity index (χ2n) is 5.54. The van der Waals surface area contributed by atoms with Crippen LogP contribution in [0.3, 0.4) is 0 Å². The molecule has 8 nitrogen and oxygen atoms in total. The third-order valence-electron chi connectivity index (χ3n) is 4.04. The Labute approximate surface area is 137 Å². The summed E-state index contributed by atoms with van der Waals surface area (Å²) in [6.45, 7) is 2.04. The van der Waals surface area contributed by atoms with Crippen molar-refractivity contribution in [3.63, 3.8) is 0 Å². The summed E-state index contributed by atoms with van der Waals surface area (Å²) in [5.74, 6) is -0.508. The van der Waals surface area contributed by atoms with E-state index in [0.29, 0.717) is 26.2 Å². The summed E-state index contributed by atoms with van der Waals surface area (Å²) < 4.78 is 15.9. The van der Waals surface area contributed by atoms with E-state index in [4.69, 9.17) is 0 Å². The molecule has 0 radical (unpaired) electrons. The summed E-state index contributed by atoms with van der Waals surface area (Å²) in [4.78, 5) is 30.3. The Morgan fingerprint density at radius 1 is 1.29 bits per heavy atom. The van der Waals surface area contributed by atoms with Crippen LogP contribution in [0.4, 0.5) is 16.0 Å². The Bertz CT molecular complexity index is 783. The van der Waals surface area contributed by atoms with Gasteiger partial charge in [0.2, 0.25) is 5.95 Å². The zero-order valence-electron chi connectivity index (χ0n) is 13.1. The molecule has 0 saturated carbocycles. The minimum absolute atomic E-state index is 0.147. The maximum Gasteiger partial charge on any atom is 0.272 e. The smallest absolute Gasteiger partial charge is 0.272 e. The number of nitro groups is 1. The van der Waals surface area contributed by atoms with E-state index in [2.05, 4.69) is 9.88 Å². The van der Waals surface area contributed by atoms with Crippen LogP contribution in [0.2, 0.25) is 0 Å². The predicted octanol–water partition coefficient (Wildman–Crippen LogP) is 1.43. The van der Waals surface area contributed by atoms with Gasteiger partial charge < -0.3 is 14.4 Å². The SMILES string of the molecule is Cn1ccnc1N1CCN(C(=O)c2ccc([N+](=O)[O-])cc2F)CC1. The average Bonchev–Trinajstić information content (AvgIpc) is 3.00. The first kappa shape index (κ1) is 15.9. The highest BCUT2D eigenvalue weighted by Gasteiger charge is 2.26. The van der Waals surface area contributed by atoms with Crippen LogP contribution < -0.4 is 4.90 Å². The highest BCUT2D eigenvalue weighted by Crippen LogP contribution is 2.19. The maximum absolute atomic E-state index is 14.0. The van der Waals surface area contributed by atoms with Gasteiger partial charge in [0.25, 0.3) is 11.6 Å². The fraction of sp³-hybridized carbons (Fsp3) is 0.333. The predicted molar refractivity (Wildman–Crippen MR) is 84.4 cm³/mol. The molecule has 0 aliphatic carbocycles. The number of piperazine rings is 1. The molecule has 1 aliphatic heterocycles. The van der Waals surface area contributed by atoms with E-state index in [1.807, 2.05) is 17.8 Å². The summed E-state index contributed by atoms with van der Waals surface area (Å²) in [6.07, 6.45) is 3.55. The Hall–Kier alpha value is -2.97. The number of nitrogens with zero attached hydrogens (tertiary/aromatic N) is 5. The molecule has 1 saturated heterocycles. The molecule has 9 heteroatoms. The van der Waals surface area contributed by atoms with E-state index < -0.39 is 16.6 Å². The molecule has 0 unspecified atom stereocenters. The van der Waals surface area contributed by atoms with Gasteiger partial charge in [0, 0.05) is 51.7 Å². The van der Waals surface area contributed by atoms with Gasteiger partial charge in [-0.2, -0.15) is 0 Å². The summed E-state index contributed by atoms with van der Waals surface area (Å²) in [7, 11) is 1.89. The van der Waals surface area contributed by atoms with Crippen LogP contribution in [0, 0.1) is 15.9 Å². The van der Waals surface area contributed by atoms with E-state index in [-0.39, 0.29) is 11.3 Å². The maximum atomic E-state index is 14.0. The Balaban J connectivity index is 1.69. The minimum Gasteiger partial charge on any atom is -0.339 e. The van der Waals surface area contributed by atoms with Crippen molar-refractivity contribution in [1.82, 2.24) is 14.5 Å². The van der Waals surface area contributed by atoms with E-state index in [0.717, 1.165) is 18.1 Å². The van der Waals surface area contributed by atoms with Crippen molar-refractivity contribution in [2.75, 3.05) is 31.1 Å². The van der Waals surface area contributed by atoms with E-state index >= 15 is 0 Å². The quantitative estimate of drug-likeness (QED) is 0.627. The van der Waals surface area contributed by atoms with Crippen LogP contribution in [0.15, 0.2) is 30.6 Å². The molecule has 0 spiro atoms. The van der Waals surface area contributed by atoms with Gasteiger partial charge in [-0.3, -0.25) is 14.9 Å². The van der Waals surface area contributed by atoms with Crippen molar-refractivity contribution in [1.29, 1.82) is 0 Å². The van der Waals surface area contributed by atoms with Gasteiger partial charge in [0.1, 0.15) is 5.82 Å². The molecule has 1 amide bonds. The fourth-order valence-electron chi connectivity index (χ4n) is 2.73. The highest BCUT2D eigenvalue weighted by atomic mass is 19.1. The number of imidazole rings is 1. The minimum atomic E-state index is -0.874.